The Hall–Kier alpha value is -4.15. The molecule has 3 aromatic rings. The van der Waals surface area contributed by atoms with Gasteiger partial charge in [-0.05, 0) is 31.2 Å². The summed E-state index contributed by atoms with van der Waals surface area (Å²) in [7, 11) is 2.97. The van der Waals surface area contributed by atoms with Gasteiger partial charge < -0.3 is 19.5 Å². The number of nitrogens with one attached hydrogen (secondary N) is 2. The molecule has 31 heavy (non-hydrogen) atoms. The van der Waals surface area contributed by atoms with Crippen molar-refractivity contribution in [2.45, 2.75) is 13.5 Å². The fraction of sp³-hybridized carbons (Fsp3) is 0.250. The Morgan fingerprint density at radius 1 is 1.16 bits per heavy atom. The summed E-state index contributed by atoms with van der Waals surface area (Å²) in [5.74, 6) is 1.29. The summed E-state index contributed by atoms with van der Waals surface area (Å²) in [6, 6.07) is 9.63. The lowest BCUT2D eigenvalue weighted by Crippen LogP contribution is -2.24. The molecule has 2 aromatic carbocycles. The lowest BCUT2D eigenvalue weighted by atomic mass is 10.1. The summed E-state index contributed by atoms with van der Waals surface area (Å²) in [6.07, 6.45) is 0. The summed E-state index contributed by atoms with van der Waals surface area (Å²) < 4.78 is 15.7. The number of nitrogens with zero attached hydrogens (tertiary/aromatic N) is 3. The van der Waals surface area contributed by atoms with Crippen molar-refractivity contribution in [3.63, 3.8) is 0 Å². The Kier molecular flexibility index (Phi) is 6.65. The minimum absolute atomic E-state index is 0.00529. The summed E-state index contributed by atoms with van der Waals surface area (Å²) in [6.45, 7) is 2.03. The molecule has 1 amide bonds. The fourth-order valence-electron chi connectivity index (χ4n) is 2.81. The minimum atomic E-state index is -0.657. The van der Waals surface area contributed by atoms with Crippen LogP contribution >= 0.6 is 0 Å². The normalized spacial score (nSPS) is 10.4. The van der Waals surface area contributed by atoms with Gasteiger partial charge in [-0.15, -0.1) is 0 Å². The van der Waals surface area contributed by atoms with Crippen molar-refractivity contribution >= 4 is 11.6 Å². The summed E-state index contributed by atoms with van der Waals surface area (Å²) in [4.78, 5) is 27.8. The van der Waals surface area contributed by atoms with Gasteiger partial charge in [-0.1, -0.05) is 0 Å². The maximum absolute atomic E-state index is 12.6. The van der Waals surface area contributed by atoms with E-state index in [-0.39, 0.29) is 23.6 Å². The van der Waals surface area contributed by atoms with E-state index in [4.69, 9.17) is 14.2 Å². The number of benzene rings is 2. The smallest absolute Gasteiger partial charge is 0.286 e. The van der Waals surface area contributed by atoms with E-state index in [9.17, 15) is 14.9 Å². The zero-order valence-electron chi connectivity index (χ0n) is 17.2. The van der Waals surface area contributed by atoms with Gasteiger partial charge in [0.15, 0.2) is 17.3 Å². The van der Waals surface area contributed by atoms with E-state index < -0.39 is 16.5 Å². The van der Waals surface area contributed by atoms with Gasteiger partial charge in [0.1, 0.15) is 17.1 Å². The molecule has 0 spiro atoms. The average Bonchev–Trinajstić information content (AvgIpc) is 3.26. The fourth-order valence-corrected chi connectivity index (χ4v) is 2.81. The lowest BCUT2D eigenvalue weighted by Gasteiger charge is -2.11. The number of ether oxygens (including phenoxy) is 3. The van der Waals surface area contributed by atoms with Gasteiger partial charge >= 0.3 is 0 Å². The number of carbonyl (C=O) groups excluding carboxylic acids is 1. The van der Waals surface area contributed by atoms with Gasteiger partial charge in [0.25, 0.3) is 11.6 Å². The molecule has 11 nitrogen and oxygen atoms in total. The molecule has 0 radical (unpaired) electrons. The van der Waals surface area contributed by atoms with E-state index in [1.807, 2.05) is 0 Å². The Bertz CT molecular complexity index is 1080. The number of rotatable bonds is 9. The number of nitro benzene ring substituents is 1. The zero-order valence-corrected chi connectivity index (χ0v) is 17.2. The molecule has 0 unspecified atom stereocenters. The van der Waals surface area contributed by atoms with Gasteiger partial charge in [0.2, 0.25) is 0 Å². The highest BCUT2D eigenvalue weighted by atomic mass is 16.6. The van der Waals surface area contributed by atoms with Crippen LogP contribution in [0.25, 0.3) is 11.4 Å². The van der Waals surface area contributed by atoms with Crippen molar-refractivity contribution in [3.8, 4) is 28.6 Å². The Morgan fingerprint density at radius 2 is 1.90 bits per heavy atom. The van der Waals surface area contributed by atoms with Crippen LogP contribution in [0.5, 0.6) is 17.2 Å². The van der Waals surface area contributed by atoms with Crippen molar-refractivity contribution in [2.75, 3.05) is 20.8 Å². The van der Waals surface area contributed by atoms with Gasteiger partial charge in [-0.25, -0.2) is 4.98 Å². The average molecular weight is 427 g/mol. The molecule has 0 saturated heterocycles. The highest BCUT2D eigenvalue weighted by Crippen LogP contribution is 2.34. The molecule has 2 N–H and O–H groups in total. The first-order valence-corrected chi connectivity index (χ1v) is 9.30. The monoisotopic (exact) mass is 427 g/mol. The third-order valence-corrected chi connectivity index (χ3v) is 4.32. The first kappa shape index (κ1) is 21.6. The first-order chi connectivity index (χ1) is 15.0. The Labute approximate surface area is 177 Å². The Morgan fingerprint density at radius 3 is 2.52 bits per heavy atom. The standard InChI is InChI=1S/C20H21N5O6/c1-4-31-17-10-15(25(27)28)14(9-16(17)30-3)20(26)21-11-18-22-19(24-23-18)12-5-7-13(29-2)8-6-12/h5-10H,4,11H2,1-3H3,(H,21,26)(H,22,23,24). The molecule has 11 heteroatoms. The molecular weight excluding hydrogens is 406 g/mol. The maximum Gasteiger partial charge on any atom is 0.286 e. The second-order valence-corrected chi connectivity index (χ2v) is 6.23. The largest absolute Gasteiger partial charge is 0.497 e. The summed E-state index contributed by atoms with van der Waals surface area (Å²) >= 11 is 0. The number of methoxy groups -OCH3 is 2. The highest BCUT2D eigenvalue weighted by Gasteiger charge is 2.25. The number of aromatic amines is 1. The van der Waals surface area contributed by atoms with Crippen LogP contribution in [-0.2, 0) is 6.54 Å². The zero-order chi connectivity index (χ0) is 22.4. The van der Waals surface area contributed by atoms with Gasteiger partial charge in [0, 0.05) is 11.6 Å². The first-order valence-electron chi connectivity index (χ1n) is 9.30. The third kappa shape index (κ3) is 4.89. The van der Waals surface area contributed by atoms with Crippen LogP contribution in [0, 0.1) is 10.1 Å². The van der Waals surface area contributed by atoms with E-state index in [0.717, 1.165) is 5.56 Å². The predicted octanol–water partition coefficient (Wildman–Crippen LogP) is 2.73. The maximum atomic E-state index is 12.6. The van der Waals surface area contributed by atoms with E-state index >= 15 is 0 Å². The van der Waals surface area contributed by atoms with Crippen LogP contribution in [0.3, 0.4) is 0 Å². The molecule has 0 saturated carbocycles. The number of nitro groups is 1. The molecule has 0 bridgehead atoms. The van der Waals surface area contributed by atoms with Crippen LogP contribution in [0.15, 0.2) is 36.4 Å². The third-order valence-electron chi connectivity index (χ3n) is 4.32. The molecule has 162 valence electrons. The Balaban J connectivity index is 1.76. The predicted molar refractivity (Wildman–Crippen MR) is 110 cm³/mol. The molecule has 0 aliphatic heterocycles. The van der Waals surface area contributed by atoms with E-state index in [0.29, 0.717) is 24.0 Å². The van der Waals surface area contributed by atoms with Crippen molar-refractivity contribution < 1.29 is 23.9 Å². The van der Waals surface area contributed by atoms with Crippen LogP contribution < -0.4 is 19.5 Å². The van der Waals surface area contributed by atoms with Crippen molar-refractivity contribution in [3.05, 3.63) is 57.9 Å². The molecule has 0 atom stereocenters. The molecule has 0 aliphatic carbocycles. The topological polar surface area (TPSA) is 142 Å². The second-order valence-electron chi connectivity index (χ2n) is 6.23. The van der Waals surface area contributed by atoms with Crippen molar-refractivity contribution in [1.29, 1.82) is 0 Å². The van der Waals surface area contributed by atoms with Crippen molar-refractivity contribution in [2.24, 2.45) is 0 Å². The van der Waals surface area contributed by atoms with Gasteiger partial charge in [0.05, 0.1) is 38.4 Å². The van der Waals surface area contributed by atoms with Crippen LogP contribution in [0.1, 0.15) is 23.1 Å². The van der Waals surface area contributed by atoms with E-state index in [1.165, 1.54) is 19.2 Å². The number of hydrogen-bond donors (Lipinski definition) is 2. The minimum Gasteiger partial charge on any atom is -0.497 e. The lowest BCUT2D eigenvalue weighted by molar-refractivity contribution is -0.385. The number of aromatic nitrogens is 3. The summed E-state index contributed by atoms with van der Waals surface area (Å²) in [5, 5.41) is 20.9. The summed E-state index contributed by atoms with van der Waals surface area (Å²) in [5.41, 5.74) is 0.222. The second kappa shape index (κ2) is 9.57. The van der Waals surface area contributed by atoms with E-state index in [1.54, 1.807) is 38.3 Å². The highest BCUT2D eigenvalue weighted by molar-refractivity contribution is 5.99. The number of carbonyl (C=O) groups is 1. The van der Waals surface area contributed by atoms with Gasteiger partial charge in [-0.2, -0.15) is 5.10 Å². The quantitative estimate of drug-likeness (QED) is 0.392. The van der Waals surface area contributed by atoms with Crippen LogP contribution in [0.4, 0.5) is 5.69 Å². The molecular formula is C20H21N5O6. The van der Waals surface area contributed by atoms with E-state index in [2.05, 4.69) is 20.5 Å². The molecule has 3 rings (SSSR count). The van der Waals surface area contributed by atoms with Crippen LogP contribution in [-0.4, -0.2) is 46.8 Å². The number of H-pyrrole nitrogens is 1. The number of amides is 1. The van der Waals surface area contributed by atoms with Crippen molar-refractivity contribution in [1.82, 2.24) is 20.5 Å². The number of hydrogen-bond acceptors (Lipinski definition) is 8. The molecule has 1 heterocycles. The molecule has 0 fully saturated rings. The molecule has 1 aromatic heterocycles. The van der Waals surface area contributed by atoms with Gasteiger partial charge in [-0.3, -0.25) is 20.0 Å². The molecule has 0 aliphatic rings. The van der Waals surface area contributed by atoms with Crippen LogP contribution in [0.2, 0.25) is 0 Å². The SMILES string of the molecule is CCOc1cc([N+](=O)[O-])c(C(=O)NCc2nc(-c3ccc(OC)cc3)n[nH]2)cc1OC.